The number of piperidine rings is 1. The molecule has 1 atom stereocenters. The zero-order valence-corrected chi connectivity index (χ0v) is 18.9. The van der Waals surface area contributed by atoms with Crippen molar-refractivity contribution in [2.75, 3.05) is 26.2 Å². The molecule has 4 rings (SSSR count). The second kappa shape index (κ2) is 10.8. The van der Waals surface area contributed by atoms with Crippen molar-refractivity contribution in [1.82, 2.24) is 9.13 Å². The fraction of sp³-hybridized carbons (Fsp3) is 0.458. The third-order valence-electron chi connectivity index (χ3n) is 6.14. The van der Waals surface area contributed by atoms with E-state index in [0.29, 0.717) is 12.2 Å². The fourth-order valence-corrected chi connectivity index (χ4v) is 4.45. The number of rotatable bonds is 8. The van der Waals surface area contributed by atoms with Gasteiger partial charge in [0, 0.05) is 0 Å². The van der Waals surface area contributed by atoms with Crippen LogP contribution < -0.4 is 27.7 Å². The topological polar surface area (TPSA) is 67.6 Å². The van der Waals surface area contributed by atoms with Gasteiger partial charge in [0.25, 0.3) is 0 Å². The third-order valence-corrected chi connectivity index (χ3v) is 6.14. The summed E-state index contributed by atoms with van der Waals surface area (Å²) in [5.41, 5.74) is 3.55. The summed E-state index contributed by atoms with van der Waals surface area (Å²) in [4.78, 5) is 1.64. The number of aromatic nitrogens is 2. The van der Waals surface area contributed by atoms with Crippen molar-refractivity contribution in [3.8, 4) is 5.75 Å². The second-order valence-corrected chi connectivity index (χ2v) is 8.37. The summed E-state index contributed by atoms with van der Waals surface area (Å²) in [5, 5.41) is 19.4. The number of halogens is 1. The number of fused-ring (bicyclic) bond motifs is 1. The van der Waals surface area contributed by atoms with E-state index in [0.717, 1.165) is 35.4 Å². The lowest BCUT2D eigenvalue weighted by Gasteiger charge is -2.23. The van der Waals surface area contributed by atoms with Crippen LogP contribution in [0.2, 0.25) is 0 Å². The van der Waals surface area contributed by atoms with Gasteiger partial charge in [-0.05, 0) is 49.9 Å². The number of ether oxygens (including phenoxy) is 1. The number of nitrogens with zero attached hydrogens (tertiary/aromatic N) is 2. The molecule has 6 nitrogen and oxygen atoms in total. The van der Waals surface area contributed by atoms with Crippen LogP contribution in [-0.4, -0.2) is 46.6 Å². The average Bonchev–Trinajstić information content (AvgIpc) is 3.03. The molecule has 168 valence electrons. The van der Waals surface area contributed by atoms with Crippen LogP contribution in [-0.2, 0) is 13.1 Å². The Hall–Kier alpha value is -2.28. The van der Waals surface area contributed by atoms with E-state index < -0.39 is 6.10 Å². The maximum absolute atomic E-state index is 10.6. The summed E-state index contributed by atoms with van der Waals surface area (Å²) in [5.74, 6) is 0.791. The van der Waals surface area contributed by atoms with Gasteiger partial charge in [0.05, 0.1) is 43.8 Å². The molecule has 3 aromatic rings. The lowest BCUT2D eigenvalue weighted by molar-refractivity contribution is -0.905. The molecule has 1 fully saturated rings. The Morgan fingerprint density at radius 2 is 1.65 bits per heavy atom. The summed E-state index contributed by atoms with van der Waals surface area (Å²) >= 11 is 0. The number of quaternary nitrogens is 1. The van der Waals surface area contributed by atoms with E-state index in [-0.39, 0.29) is 19.0 Å². The monoisotopic (exact) mass is 444 g/mol. The molecule has 1 aliphatic heterocycles. The van der Waals surface area contributed by atoms with Gasteiger partial charge in [-0.1, -0.05) is 30.3 Å². The van der Waals surface area contributed by atoms with Gasteiger partial charge in [-0.3, -0.25) is 5.41 Å². The van der Waals surface area contributed by atoms with Crippen LogP contribution in [0.25, 0.3) is 11.0 Å². The standard InChI is InChI=1S/C24H32N4O2.ClH/c1-19-9-3-6-12-23(19)30-18-20(29)17-28-22-11-5-4-10-21(22)27(24(28)25)16-15-26-13-7-2-8-14-26;/h3-6,9-12,20,25,29H,2,7-8,13-18H2,1H3;1H. The van der Waals surface area contributed by atoms with Crippen LogP contribution >= 0.6 is 0 Å². The van der Waals surface area contributed by atoms with E-state index in [4.69, 9.17) is 10.1 Å². The molecule has 7 heteroatoms. The molecular formula is C24H33ClN4O2. The maximum atomic E-state index is 10.6. The summed E-state index contributed by atoms with van der Waals surface area (Å²) in [6, 6.07) is 15.9. The minimum Gasteiger partial charge on any atom is -1.00 e. The minimum absolute atomic E-state index is 0. The molecule has 0 amide bonds. The molecule has 0 radical (unpaired) electrons. The van der Waals surface area contributed by atoms with Gasteiger partial charge in [-0.15, -0.1) is 0 Å². The normalized spacial score (nSPS) is 15.5. The van der Waals surface area contributed by atoms with Crippen molar-refractivity contribution in [2.24, 2.45) is 0 Å². The van der Waals surface area contributed by atoms with Gasteiger partial charge in [0.1, 0.15) is 18.5 Å². The highest BCUT2D eigenvalue weighted by atomic mass is 35.5. The number of hydrogen-bond acceptors (Lipinski definition) is 3. The van der Waals surface area contributed by atoms with Crippen molar-refractivity contribution < 1.29 is 27.2 Å². The highest BCUT2D eigenvalue weighted by molar-refractivity contribution is 5.75. The van der Waals surface area contributed by atoms with Crippen molar-refractivity contribution in [3.05, 3.63) is 59.7 Å². The first-order valence-electron chi connectivity index (χ1n) is 11.1. The van der Waals surface area contributed by atoms with Gasteiger partial charge >= 0.3 is 0 Å². The second-order valence-electron chi connectivity index (χ2n) is 8.37. The van der Waals surface area contributed by atoms with Crippen molar-refractivity contribution in [1.29, 1.82) is 5.41 Å². The predicted octanol–water partition coefficient (Wildman–Crippen LogP) is -1.26. The van der Waals surface area contributed by atoms with Crippen LogP contribution in [0.15, 0.2) is 48.5 Å². The Bertz CT molecular complexity index is 1040. The summed E-state index contributed by atoms with van der Waals surface area (Å²) < 4.78 is 9.82. The van der Waals surface area contributed by atoms with E-state index in [2.05, 4.69) is 10.6 Å². The molecule has 0 spiro atoms. The van der Waals surface area contributed by atoms with E-state index >= 15 is 0 Å². The summed E-state index contributed by atoms with van der Waals surface area (Å²) in [6.45, 7) is 6.89. The molecule has 1 unspecified atom stereocenters. The SMILES string of the molecule is Cc1ccccc1OCC(O)Cn1c(=N)n(CC[NH+]2CCCCC2)c2ccccc21.[Cl-]. The van der Waals surface area contributed by atoms with E-state index in [9.17, 15) is 5.11 Å². The number of hydrogen-bond donors (Lipinski definition) is 3. The van der Waals surface area contributed by atoms with Gasteiger partial charge in [0.15, 0.2) is 0 Å². The highest BCUT2D eigenvalue weighted by Gasteiger charge is 2.17. The Balaban J connectivity index is 0.00000272. The zero-order chi connectivity index (χ0) is 20.9. The Labute approximate surface area is 190 Å². The number of likely N-dealkylation sites (tertiary alicyclic amines) is 1. The third kappa shape index (κ3) is 5.50. The quantitative estimate of drug-likeness (QED) is 0.406. The van der Waals surface area contributed by atoms with Crippen molar-refractivity contribution >= 4 is 11.0 Å². The molecular weight excluding hydrogens is 412 g/mol. The number of aliphatic hydroxyl groups excluding tert-OH is 1. The lowest BCUT2D eigenvalue weighted by atomic mass is 10.1. The summed E-state index contributed by atoms with van der Waals surface area (Å²) in [6.07, 6.45) is 3.28. The Morgan fingerprint density at radius 3 is 2.35 bits per heavy atom. The van der Waals surface area contributed by atoms with Gasteiger partial charge in [0.2, 0.25) is 5.62 Å². The molecule has 31 heavy (non-hydrogen) atoms. The van der Waals surface area contributed by atoms with Gasteiger partial charge in [-0.25, -0.2) is 0 Å². The molecule has 0 aliphatic carbocycles. The number of nitrogens with one attached hydrogen (secondary N) is 2. The van der Waals surface area contributed by atoms with Crippen LogP contribution in [0.3, 0.4) is 0 Å². The number of para-hydroxylation sites is 3. The lowest BCUT2D eigenvalue weighted by Crippen LogP contribution is -3.13. The summed E-state index contributed by atoms with van der Waals surface area (Å²) in [7, 11) is 0. The molecule has 2 heterocycles. The van der Waals surface area contributed by atoms with Crippen LogP contribution in [0.4, 0.5) is 0 Å². The Kier molecular flexibility index (Phi) is 8.18. The molecule has 1 aliphatic rings. The van der Waals surface area contributed by atoms with Crippen LogP contribution in [0.1, 0.15) is 24.8 Å². The van der Waals surface area contributed by atoms with E-state index in [1.165, 1.54) is 32.4 Å². The molecule has 0 saturated carbocycles. The van der Waals surface area contributed by atoms with E-state index in [1.54, 1.807) is 4.90 Å². The zero-order valence-electron chi connectivity index (χ0n) is 18.2. The van der Waals surface area contributed by atoms with Crippen molar-refractivity contribution in [2.45, 2.75) is 45.4 Å². The first kappa shape index (κ1) is 23.4. The molecule has 3 N–H and O–H groups in total. The minimum atomic E-state index is -0.689. The first-order chi connectivity index (χ1) is 14.6. The largest absolute Gasteiger partial charge is 1.00 e. The fourth-order valence-electron chi connectivity index (χ4n) is 4.45. The molecule has 1 saturated heterocycles. The maximum Gasteiger partial charge on any atom is 0.203 e. The van der Waals surface area contributed by atoms with Crippen LogP contribution in [0, 0.1) is 12.3 Å². The first-order valence-corrected chi connectivity index (χ1v) is 11.1. The van der Waals surface area contributed by atoms with Gasteiger partial charge in [-0.2, -0.15) is 0 Å². The highest BCUT2D eigenvalue weighted by Crippen LogP contribution is 2.17. The van der Waals surface area contributed by atoms with E-state index in [1.807, 2.05) is 54.0 Å². The van der Waals surface area contributed by atoms with Crippen LogP contribution in [0.5, 0.6) is 5.75 Å². The van der Waals surface area contributed by atoms with Crippen molar-refractivity contribution in [3.63, 3.8) is 0 Å². The molecule has 1 aromatic heterocycles. The number of aliphatic hydroxyl groups is 1. The number of benzene rings is 2. The number of imidazole rings is 1. The predicted molar refractivity (Wildman–Crippen MR) is 118 cm³/mol. The molecule has 2 aromatic carbocycles. The average molecular weight is 445 g/mol. The Morgan fingerprint density at radius 1 is 1.00 bits per heavy atom. The number of aryl methyl sites for hydroxylation is 1. The molecule has 0 bridgehead atoms. The smallest absolute Gasteiger partial charge is 0.203 e. The van der Waals surface area contributed by atoms with Gasteiger partial charge < -0.3 is 36.3 Å².